The standard InChI is InChI=1S/C10H13N3OS/c1-2-10(14)9-7-13(12-11-9)6-8-4-3-5-15-8/h3-5,7,10,14H,2,6H2,1H3. The number of thiophene rings is 1. The van der Waals surface area contributed by atoms with Gasteiger partial charge in [0.15, 0.2) is 0 Å². The molecule has 0 aliphatic carbocycles. The van der Waals surface area contributed by atoms with Crippen LogP contribution in [0.2, 0.25) is 0 Å². The molecule has 2 aromatic heterocycles. The molecule has 0 saturated heterocycles. The summed E-state index contributed by atoms with van der Waals surface area (Å²) in [5, 5.41) is 19.5. The van der Waals surface area contributed by atoms with Gasteiger partial charge in [-0.2, -0.15) is 0 Å². The lowest BCUT2D eigenvalue weighted by molar-refractivity contribution is 0.168. The van der Waals surface area contributed by atoms with Crippen LogP contribution in [-0.2, 0) is 6.54 Å². The third-order valence-electron chi connectivity index (χ3n) is 2.18. The van der Waals surface area contributed by atoms with E-state index in [1.54, 1.807) is 22.2 Å². The molecule has 0 aliphatic heterocycles. The zero-order valence-electron chi connectivity index (χ0n) is 8.50. The molecule has 15 heavy (non-hydrogen) atoms. The lowest BCUT2D eigenvalue weighted by atomic mass is 10.2. The van der Waals surface area contributed by atoms with Gasteiger partial charge >= 0.3 is 0 Å². The number of hydrogen-bond acceptors (Lipinski definition) is 4. The number of aliphatic hydroxyl groups is 1. The summed E-state index contributed by atoms with van der Waals surface area (Å²) in [5.74, 6) is 0. The third-order valence-corrected chi connectivity index (χ3v) is 3.04. The Hall–Kier alpha value is -1.20. The molecule has 0 saturated carbocycles. The van der Waals surface area contributed by atoms with Gasteiger partial charge in [-0.05, 0) is 17.9 Å². The van der Waals surface area contributed by atoms with Crippen molar-refractivity contribution in [3.63, 3.8) is 0 Å². The number of hydrogen-bond donors (Lipinski definition) is 1. The highest BCUT2D eigenvalue weighted by molar-refractivity contribution is 7.09. The average Bonchev–Trinajstić information content (AvgIpc) is 2.88. The molecule has 0 radical (unpaired) electrons. The summed E-state index contributed by atoms with van der Waals surface area (Å²) < 4.78 is 1.75. The Morgan fingerprint density at radius 2 is 2.47 bits per heavy atom. The number of nitrogens with zero attached hydrogens (tertiary/aromatic N) is 3. The average molecular weight is 223 g/mol. The fourth-order valence-electron chi connectivity index (χ4n) is 1.31. The van der Waals surface area contributed by atoms with E-state index >= 15 is 0 Å². The van der Waals surface area contributed by atoms with Gasteiger partial charge < -0.3 is 5.11 Å². The van der Waals surface area contributed by atoms with Crippen LogP contribution in [0.3, 0.4) is 0 Å². The van der Waals surface area contributed by atoms with Crippen LogP contribution in [0.1, 0.15) is 30.0 Å². The fourth-order valence-corrected chi connectivity index (χ4v) is 2.01. The van der Waals surface area contributed by atoms with Gasteiger partial charge in [0.2, 0.25) is 0 Å². The summed E-state index contributed by atoms with van der Waals surface area (Å²) in [4.78, 5) is 1.23. The van der Waals surface area contributed by atoms with Gasteiger partial charge in [0, 0.05) is 4.88 Å². The second-order valence-electron chi connectivity index (χ2n) is 3.34. The molecule has 0 fully saturated rings. The maximum absolute atomic E-state index is 9.56. The second kappa shape index (κ2) is 4.55. The Kier molecular flexibility index (Phi) is 3.13. The molecule has 80 valence electrons. The van der Waals surface area contributed by atoms with Crippen molar-refractivity contribution in [3.05, 3.63) is 34.3 Å². The summed E-state index contributed by atoms with van der Waals surface area (Å²) in [6.07, 6.45) is 1.97. The molecule has 0 amide bonds. The van der Waals surface area contributed by atoms with Crippen LogP contribution < -0.4 is 0 Å². The molecule has 4 nitrogen and oxygen atoms in total. The third kappa shape index (κ3) is 2.43. The molecule has 0 bridgehead atoms. The normalized spacial score (nSPS) is 12.9. The van der Waals surface area contributed by atoms with E-state index in [1.807, 2.05) is 18.4 Å². The molecular formula is C10H13N3OS. The summed E-state index contributed by atoms with van der Waals surface area (Å²) >= 11 is 1.69. The molecule has 2 rings (SSSR count). The predicted molar refractivity (Wildman–Crippen MR) is 58.7 cm³/mol. The summed E-state index contributed by atoms with van der Waals surface area (Å²) in [5.41, 5.74) is 0.647. The van der Waals surface area contributed by atoms with Crippen LogP contribution in [0.4, 0.5) is 0 Å². The predicted octanol–water partition coefficient (Wildman–Crippen LogP) is 1.83. The minimum atomic E-state index is -0.498. The van der Waals surface area contributed by atoms with E-state index in [9.17, 15) is 5.11 Å². The molecule has 5 heteroatoms. The van der Waals surface area contributed by atoms with Gasteiger partial charge in [-0.15, -0.1) is 16.4 Å². The van der Waals surface area contributed by atoms with Crippen molar-refractivity contribution in [3.8, 4) is 0 Å². The molecule has 0 aromatic carbocycles. The van der Waals surface area contributed by atoms with E-state index in [4.69, 9.17) is 0 Å². The second-order valence-corrected chi connectivity index (χ2v) is 4.38. The van der Waals surface area contributed by atoms with Gasteiger partial charge in [-0.1, -0.05) is 18.2 Å². The van der Waals surface area contributed by atoms with E-state index in [0.717, 1.165) is 6.54 Å². The maximum Gasteiger partial charge on any atom is 0.111 e. The minimum absolute atomic E-state index is 0.498. The highest BCUT2D eigenvalue weighted by Gasteiger charge is 2.09. The lowest BCUT2D eigenvalue weighted by Gasteiger charge is -2.00. The van der Waals surface area contributed by atoms with Crippen molar-refractivity contribution in [2.24, 2.45) is 0 Å². The first-order chi connectivity index (χ1) is 7.29. The van der Waals surface area contributed by atoms with Crippen LogP contribution >= 0.6 is 11.3 Å². The first kappa shape index (κ1) is 10.3. The number of rotatable bonds is 4. The molecule has 1 N–H and O–H groups in total. The van der Waals surface area contributed by atoms with Crippen molar-refractivity contribution in [1.82, 2.24) is 15.0 Å². The monoisotopic (exact) mass is 223 g/mol. The van der Waals surface area contributed by atoms with Crippen LogP contribution in [0.25, 0.3) is 0 Å². The zero-order chi connectivity index (χ0) is 10.7. The Balaban J connectivity index is 2.07. The summed E-state index contributed by atoms with van der Waals surface area (Å²) in [6, 6.07) is 4.07. The smallest absolute Gasteiger partial charge is 0.111 e. The number of aliphatic hydroxyl groups excluding tert-OH is 1. The van der Waals surface area contributed by atoms with Crippen molar-refractivity contribution < 1.29 is 5.11 Å². The largest absolute Gasteiger partial charge is 0.387 e. The van der Waals surface area contributed by atoms with E-state index in [2.05, 4.69) is 16.4 Å². The first-order valence-corrected chi connectivity index (χ1v) is 5.78. The Labute approximate surface area is 92.2 Å². The van der Waals surface area contributed by atoms with Gasteiger partial charge in [0.1, 0.15) is 5.69 Å². The first-order valence-electron chi connectivity index (χ1n) is 4.90. The molecule has 1 unspecified atom stereocenters. The van der Waals surface area contributed by atoms with Crippen LogP contribution in [-0.4, -0.2) is 20.1 Å². The van der Waals surface area contributed by atoms with Crippen LogP contribution in [0.5, 0.6) is 0 Å². The fraction of sp³-hybridized carbons (Fsp3) is 0.400. The SMILES string of the molecule is CCC(O)c1cn(Cc2cccs2)nn1. The van der Waals surface area contributed by atoms with Crippen molar-refractivity contribution in [2.45, 2.75) is 26.0 Å². The van der Waals surface area contributed by atoms with Crippen molar-refractivity contribution in [1.29, 1.82) is 0 Å². The summed E-state index contributed by atoms with van der Waals surface area (Å²) in [6.45, 7) is 2.64. The van der Waals surface area contributed by atoms with E-state index < -0.39 is 6.10 Å². The topological polar surface area (TPSA) is 50.9 Å². The van der Waals surface area contributed by atoms with Crippen molar-refractivity contribution in [2.75, 3.05) is 0 Å². The maximum atomic E-state index is 9.56. The molecule has 0 spiro atoms. The molecule has 1 atom stereocenters. The van der Waals surface area contributed by atoms with E-state index in [0.29, 0.717) is 12.1 Å². The van der Waals surface area contributed by atoms with Crippen LogP contribution in [0.15, 0.2) is 23.7 Å². The molecule has 2 aromatic rings. The van der Waals surface area contributed by atoms with Crippen LogP contribution in [0, 0.1) is 0 Å². The van der Waals surface area contributed by atoms with Gasteiger partial charge in [0.25, 0.3) is 0 Å². The quantitative estimate of drug-likeness (QED) is 0.860. The van der Waals surface area contributed by atoms with Crippen molar-refractivity contribution >= 4 is 11.3 Å². The summed E-state index contributed by atoms with van der Waals surface area (Å²) in [7, 11) is 0. The zero-order valence-corrected chi connectivity index (χ0v) is 9.31. The van der Waals surface area contributed by atoms with E-state index in [-0.39, 0.29) is 0 Å². The highest BCUT2D eigenvalue weighted by Crippen LogP contribution is 2.14. The Morgan fingerprint density at radius 1 is 1.60 bits per heavy atom. The van der Waals surface area contributed by atoms with Gasteiger partial charge in [-0.3, -0.25) is 0 Å². The molecular weight excluding hydrogens is 210 g/mol. The Morgan fingerprint density at radius 3 is 3.13 bits per heavy atom. The van der Waals surface area contributed by atoms with Gasteiger partial charge in [0.05, 0.1) is 18.8 Å². The lowest BCUT2D eigenvalue weighted by Crippen LogP contribution is -1.98. The highest BCUT2D eigenvalue weighted by atomic mass is 32.1. The van der Waals surface area contributed by atoms with E-state index in [1.165, 1.54) is 4.88 Å². The Bertz CT molecular complexity index is 410. The molecule has 2 heterocycles. The molecule has 0 aliphatic rings. The minimum Gasteiger partial charge on any atom is -0.387 e. The van der Waals surface area contributed by atoms with Gasteiger partial charge in [-0.25, -0.2) is 4.68 Å². The number of aromatic nitrogens is 3.